The highest BCUT2D eigenvalue weighted by Gasteiger charge is 2.28. The van der Waals surface area contributed by atoms with Crippen molar-refractivity contribution in [1.82, 2.24) is 5.32 Å². The Balaban J connectivity index is 1.93. The van der Waals surface area contributed by atoms with Gasteiger partial charge < -0.3 is 25.3 Å². The molecule has 6 heteroatoms. The number of hydrogen-bond acceptors (Lipinski definition) is 5. The lowest BCUT2D eigenvalue weighted by molar-refractivity contribution is -0.132. The molecule has 0 heterocycles. The largest absolute Gasteiger partial charge is 0.497 e. The van der Waals surface area contributed by atoms with E-state index in [0.717, 1.165) is 12.0 Å². The highest BCUT2D eigenvalue weighted by molar-refractivity contribution is 5.81. The summed E-state index contributed by atoms with van der Waals surface area (Å²) >= 11 is 0. The molecule has 26 heavy (non-hydrogen) atoms. The number of carbonyl (C=O) groups excluding carboxylic acids is 1. The van der Waals surface area contributed by atoms with E-state index in [-0.39, 0.29) is 11.9 Å². The first-order valence-corrected chi connectivity index (χ1v) is 9.36. The van der Waals surface area contributed by atoms with E-state index in [9.17, 15) is 4.79 Å². The third-order valence-corrected chi connectivity index (χ3v) is 5.17. The van der Waals surface area contributed by atoms with Crippen LogP contribution in [0.1, 0.15) is 44.1 Å². The fourth-order valence-corrected chi connectivity index (χ4v) is 3.71. The Hall–Kier alpha value is -1.79. The van der Waals surface area contributed by atoms with Gasteiger partial charge in [0, 0.05) is 25.3 Å². The lowest BCUT2D eigenvalue weighted by Crippen LogP contribution is -2.48. The van der Waals surface area contributed by atoms with Crippen molar-refractivity contribution < 1.29 is 19.0 Å². The molecule has 0 bridgehead atoms. The SMILES string of the molecule is COc1ccc(OC)c(CNC(=O)C(OC)[C@H](N)CC2CCCCC2)c1. The van der Waals surface area contributed by atoms with E-state index in [1.165, 1.54) is 39.2 Å². The molecule has 0 saturated heterocycles. The second-order valence-corrected chi connectivity index (χ2v) is 6.96. The van der Waals surface area contributed by atoms with Gasteiger partial charge in [0.15, 0.2) is 6.10 Å². The van der Waals surface area contributed by atoms with Crippen LogP contribution in [0.5, 0.6) is 11.5 Å². The number of ether oxygens (including phenoxy) is 3. The molecule has 0 aliphatic heterocycles. The summed E-state index contributed by atoms with van der Waals surface area (Å²) in [6.07, 6.45) is 6.41. The summed E-state index contributed by atoms with van der Waals surface area (Å²) in [7, 11) is 4.75. The Morgan fingerprint density at radius 2 is 1.92 bits per heavy atom. The van der Waals surface area contributed by atoms with Crippen LogP contribution in [0.25, 0.3) is 0 Å². The van der Waals surface area contributed by atoms with Crippen LogP contribution in [-0.2, 0) is 16.1 Å². The van der Waals surface area contributed by atoms with E-state index >= 15 is 0 Å². The summed E-state index contributed by atoms with van der Waals surface area (Å²) in [5, 5.41) is 2.91. The molecule has 0 spiro atoms. The van der Waals surface area contributed by atoms with Crippen LogP contribution in [0, 0.1) is 5.92 Å². The van der Waals surface area contributed by atoms with E-state index in [4.69, 9.17) is 19.9 Å². The highest BCUT2D eigenvalue weighted by Crippen LogP contribution is 2.28. The smallest absolute Gasteiger partial charge is 0.251 e. The summed E-state index contributed by atoms with van der Waals surface area (Å²) in [6, 6.07) is 5.20. The molecule has 0 radical (unpaired) electrons. The predicted molar refractivity (Wildman–Crippen MR) is 101 cm³/mol. The van der Waals surface area contributed by atoms with Crippen molar-refractivity contribution in [3.63, 3.8) is 0 Å². The van der Waals surface area contributed by atoms with Crippen molar-refractivity contribution in [3.05, 3.63) is 23.8 Å². The quantitative estimate of drug-likeness (QED) is 0.704. The minimum atomic E-state index is -0.645. The van der Waals surface area contributed by atoms with Crippen molar-refractivity contribution in [2.45, 2.75) is 57.2 Å². The Morgan fingerprint density at radius 1 is 1.19 bits per heavy atom. The van der Waals surface area contributed by atoms with Crippen LogP contribution in [0.4, 0.5) is 0 Å². The maximum atomic E-state index is 12.6. The highest BCUT2D eigenvalue weighted by atomic mass is 16.5. The third-order valence-electron chi connectivity index (χ3n) is 5.17. The second-order valence-electron chi connectivity index (χ2n) is 6.96. The normalized spacial score (nSPS) is 17.4. The van der Waals surface area contributed by atoms with Gasteiger partial charge in [0.1, 0.15) is 11.5 Å². The molecule has 1 aromatic rings. The van der Waals surface area contributed by atoms with Gasteiger partial charge in [-0.15, -0.1) is 0 Å². The van der Waals surface area contributed by atoms with E-state index in [1.807, 2.05) is 18.2 Å². The zero-order chi connectivity index (χ0) is 18.9. The summed E-state index contributed by atoms with van der Waals surface area (Å²) in [6.45, 7) is 0.329. The van der Waals surface area contributed by atoms with Crippen molar-refractivity contribution in [2.75, 3.05) is 21.3 Å². The number of nitrogens with two attached hydrogens (primary N) is 1. The predicted octanol–water partition coefficient (Wildman–Crippen LogP) is 2.63. The molecule has 2 rings (SSSR count). The lowest BCUT2D eigenvalue weighted by atomic mass is 9.84. The number of benzene rings is 1. The van der Waals surface area contributed by atoms with E-state index in [0.29, 0.717) is 24.0 Å². The van der Waals surface area contributed by atoms with Gasteiger partial charge in [0.25, 0.3) is 5.91 Å². The molecule has 1 unspecified atom stereocenters. The first-order valence-electron chi connectivity index (χ1n) is 9.36. The molecule has 1 amide bonds. The molecule has 2 atom stereocenters. The first-order chi connectivity index (χ1) is 12.6. The Bertz CT molecular complexity index is 573. The van der Waals surface area contributed by atoms with Crippen LogP contribution in [0.2, 0.25) is 0 Å². The average Bonchev–Trinajstić information content (AvgIpc) is 2.67. The Kier molecular flexibility index (Phi) is 8.19. The molecule has 146 valence electrons. The molecule has 1 aliphatic rings. The maximum Gasteiger partial charge on any atom is 0.251 e. The van der Waals surface area contributed by atoms with Gasteiger partial charge in [-0.05, 0) is 30.5 Å². The molecule has 3 N–H and O–H groups in total. The Labute approximate surface area is 156 Å². The Morgan fingerprint density at radius 3 is 2.54 bits per heavy atom. The van der Waals surface area contributed by atoms with Crippen molar-refractivity contribution in [3.8, 4) is 11.5 Å². The third kappa shape index (κ3) is 5.61. The van der Waals surface area contributed by atoms with Crippen molar-refractivity contribution >= 4 is 5.91 Å². The topological polar surface area (TPSA) is 82.8 Å². The molecule has 0 aromatic heterocycles. The number of amides is 1. The fraction of sp³-hybridized carbons (Fsp3) is 0.650. The van der Waals surface area contributed by atoms with Gasteiger partial charge in [-0.2, -0.15) is 0 Å². The van der Waals surface area contributed by atoms with E-state index in [1.54, 1.807) is 14.2 Å². The number of nitrogens with one attached hydrogen (secondary N) is 1. The maximum absolute atomic E-state index is 12.6. The summed E-state index contributed by atoms with van der Waals surface area (Å²) in [5.41, 5.74) is 7.14. The molecular formula is C20H32N2O4. The van der Waals surface area contributed by atoms with Crippen molar-refractivity contribution in [2.24, 2.45) is 11.7 Å². The lowest BCUT2D eigenvalue weighted by Gasteiger charge is -2.28. The van der Waals surface area contributed by atoms with Gasteiger partial charge >= 0.3 is 0 Å². The minimum absolute atomic E-state index is 0.194. The number of carbonyl (C=O) groups is 1. The molecule has 1 aromatic carbocycles. The van der Waals surface area contributed by atoms with Crippen molar-refractivity contribution in [1.29, 1.82) is 0 Å². The molecule has 1 aliphatic carbocycles. The van der Waals surface area contributed by atoms with Gasteiger partial charge in [0.2, 0.25) is 0 Å². The number of hydrogen-bond donors (Lipinski definition) is 2. The summed E-state index contributed by atoms with van der Waals surface area (Å²) in [4.78, 5) is 12.6. The van der Waals surface area contributed by atoms with Crippen LogP contribution in [0.15, 0.2) is 18.2 Å². The second kappa shape index (κ2) is 10.4. The van der Waals surface area contributed by atoms with Gasteiger partial charge in [-0.25, -0.2) is 0 Å². The van der Waals surface area contributed by atoms with Crippen LogP contribution >= 0.6 is 0 Å². The monoisotopic (exact) mass is 364 g/mol. The van der Waals surface area contributed by atoms with Gasteiger partial charge in [-0.1, -0.05) is 32.1 Å². The summed E-state index contributed by atoms with van der Waals surface area (Å²) < 4.78 is 16.0. The molecule has 1 fully saturated rings. The number of rotatable bonds is 9. The minimum Gasteiger partial charge on any atom is -0.497 e. The zero-order valence-electron chi connectivity index (χ0n) is 16.1. The summed E-state index contributed by atoms with van der Waals surface area (Å²) in [5.74, 6) is 1.82. The first kappa shape index (κ1) is 20.5. The van der Waals surface area contributed by atoms with E-state index in [2.05, 4.69) is 5.32 Å². The average molecular weight is 364 g/mol. The van der Waals surface area contributed by atoms with Crippen LogP contribution in [-0.4, -0.2) is 39.4 Å². The molecule has 6 nitrogen and oxygen atoms in total. The standard InChI is InChI=1S/C20H32N2O4/c1-24-16-9-10-18(25-2)15(12-16)13-22-20(23)19(26-3)17(21)11-14-7-5-4-6-8-14/h9-10,12,14,17,19H,4-8,11,13,21H2,1-3H3,(H,22,23)/t17-,19?/m1/s1. The van der Waals surface area contributed by atoms with Crippen LogP contribution < -0.4 is 20.5 Å². The van der Waals surface area contributed by atoms with Crippen LogP contribution in [0.3, 0.4) is 0 Å². The number of methoxy groups -OCH3 is 3. The molecule has 1 saturated carbocycles. The van der Waals surface area contributed by atoms with E-state index < -0.39 is 6.10 Å². The van der Waals surface area contributed by atoms with Gasteiger partial charge in [-0.3, -0.25) is 4.79 Å². The molecular weight excluding hydrogens is 332 g/mol. The van der Waals surface area contributed by atoms with Gasteiger partial charge in [0.05, 0.1) is 14.2 Å². The fourth-order valence-electron chi connectivity index (χ4n) is 3.71. The zero-order valence-corrected chi connectivity index (χ0v) is 16.1.